The molecule has 0 bridgehead atoms. The number of nitriles is 1. The van der Waals surface area contributed by atoms with Crippen LogP contribution in [0, 0.1) is 21.4 Å². The number of nitrogens with zero attached hydrogens (tertiary/aromatic N) is 3. The van der Waals surface area contributed by atoms with Gasteiger partial charge in [-0.25, -0.2) is 4.98 Å². The van der Waals surface area contributed by atoms with E-state index in [2.05, 4.69) is 11.1 Å². The largest absolute Gasteiger partial charge is 0.493 e. The van der Waals surface area contributed by atoms with Gasteiger partial charge in [0, 0.05) is 6.07 Å². The molecule has 1 aromatic heterocycles. The number of benzene rings is 2. The van der Waals surface area contributed by atoms with Crippen LogP contribution in [0.3, 0.4) is 0 Å². The van der Waals surface area contributed by atoms with Gasteiger partial charge >= 0.3 is 5.69 Å². The fourth-order valence-corrected chi connectivity index (χ4v) is 3.56. The van der Waals surface area contributed by atoms with Crippen molar-refractivity contribution in [1.29, 1.82) is 5.26 Å². The second-order valence-electron chi connectivity index (χ2n) is 5.83. The Balaban J connectivity index is 2.09. The number of nitro groups is 1. The first kappa shape index (κ1) is 19.3. The predicted molar refractivity (Wildman–Crippen MR) is 109 cm³/mol. The highest BCUT2D eigenvalue weighted by molar-refractivity contribution is 7.19. The van der Waals surface area contributed by atoms with Crippen LogP contribution < -0.4 is 9.47 Å². The maximum absolute atomic E-state index is 11.5. The highest BCUT2D eigenvalue weighted by atomic mass is 32.1. The molecule has 0 fully saturated rings. The van der Waals surface area contributed by atoms with E-state index in [0.29, 0.717) is 29.2 Å². The number of allylic oxidation sites excluding steroid dienone is 1. The fraction of sp³-hybridized carbons (Fsp3) is 0.200. The molecular formula is C20H17N3O4S. The zero-order chi connectivity index (χ0) is 20.1. The summed E-state index contributed by atoms with van der Waals surface area (Å²) in [5.74, 6) is 0.334. The number of aromatic nitrogens is 1. The van der Waals surface area contributed by atoms with Crippen molar-refractivity contribution in [3.63, 3.8) is 0 Å². The molecule has 0 unspecified atom stereocenters. The van der Waals surface area contributed by atoms with Crippen molar-refractivity contribution in [3.8, 4) is 17.6 Å². The van der Waals surface area contributed by atoms with Gasteiger partial charge in [0.05, 0.1) is 34.4 Å². The molecule has 1 heterocycles. The molecule has 3 aromatic rings. The lowest BCUT2D eigenvalue weighted by atomic mass is 10.1. The highest BCUT2D eigenvalue weighted by Crippen LogP contribution is 2.39. The molecule has 0 aliphatic rings. The van der Waals surface area contributed by atoms with Gasteiger partial charge in [0.25, 0.3) is 0 Å². The van der Waals surface area contributed by atoms with Crippen LogP contribution in [0.1, 0.15) is 23.9 Å². The lowest BCUT2D eigenvalue weighted by Crippen LogP contribution is -2.02. The van der Waals surface area contributed by atoms with Gasteiger partial charge in [0.15, 0.2) is 5.75 Å². The van der Waals surface area contributed by atoms with Gasteiger partial charge in [-0.2, -0.15) is 5.26 Å². The SMILES string of the molecule is CCCOc1c(OC)cc(/C=C(/C#N)c2nc3ccccc3s2)cc1[N+](=O)[O-]. The number of methoxy groups -OCH3 is 1. The monoisotopic (exact) mass is 395 g/mol. The first-order valence-electron chi connectivity index (χ1n) is 8.54. The molecule has 0 saturated carbocycles. The number of nitro benzene ring substituents is 1. The minimum atomic E-state index is -0.519. The maximum Gasteiger partial charge on any atom is 0.315 e. The third-order valence-electron chi connectivity index (χ3n) is 3.88. The van der Waals surface area contributed by atoms with Gasteiger partial charge < -0.3 is 9.47 Å². The summed E-state index contributed by atoms with van der Waals surface area (Å²) >= 11 is 1.39. The summed E-state index contributed by atoms with van der Waals surface area (Å²) in [6, 6.07) is 12.7. The molecule has 7 nitrogen and oxygen atoms in total. The number of para-hydroxylation sites is 1. The highest BCUT2D eigenvalue weighted by Gasteiger charge is 2.22. The van der Waals surface area contributed by atoms with Crippen LogP contribution in [0.25, 0.3) is 21.9 Å². The lowest BCUT2D eigenvalue weighted by molar-refractivity contribution is -0.386. The minimum Gasteiger partial charge on any atom is -0.493 e. The van der Waals surface area contributed by atoms with E-state index in [-0.39, 0.29) is 17.2 Å². The Bertz CT molecular complexity index is 1070. The fourth-order valence-electron chi connectivity index (χ4n) is 2.62. The Morgan fingerprint density at radius 2 is 2.18 bits per heavy atom. The second-order valence-corrected chi connectivity index (χ2v) is 6.86. The van der Waals surface area contributed by atoms with E-state index in [1.807, 2.05) is 31.2 Å². The summed E-state index contributed by atoms with van der Waals surface area (Å²) in [5.41, 5.74) is 1.37. The Morgan fingerprint density at radius 3 is 2.82 bits per heavy atom. The molecule has 0 atom stereocenters. The number of thiazole rings is 1. The number of hydrogen-bond donors (Lipinski definition) is 0. The van der Waals surface area contributed by atoms with Crippen LogP contribution in [0.4, 0.5) is 5.69 Å². The van der Waals surface area contributed by atoms with Gasteiger partial charge in [0.1, 0.15) is 11.1 Å². The van der Waals surface area contributed by atoms with E-state index in [0.717, 1.165) is 10.2 Å². The minimum absolute atomic E-state index is 0.0880. The topological polar surface area (TPSA) is 98.3 Å². The van der Waals surface area contributed by atoms with E-state index < -0.39 is 4.92 Å². The predicted octanol–water partition coefficient (Wildman–Crippen LogP) is 5.07. The Kier molecular flexibility index (Phi) is 5.87. The molecule has 3 rings (SSSR count). The summed E-state index contributed by atoms with van der Waals surface area (Å²) < 4.78 is 11.8. The van der Waals surface area contributed by atoms with Crippen molar-refractivity contribution >= 4 is 38.9 Å². The molecule has 8 heteroatoms. The Hall–Kier alpha value is -3.44. The van der Waals surface area contributed by atoms with Crippen molar-refractivity contribution in [1.82, 2.24) is 4.98 Å². The molecule has 28 heavy (non-hydrogen) atoms. The van der Waals surface area contributed by atoms with Crippen molar-refractivity contribution in [2.45, 2.75) is 13.3 Å². The Labute approximate surface area is 165 Å². The van der Waals surface area contributed by atoms with Gasteiger partial charge in [-0.3, -0.25) is 10.1 Å². The summed E-state index contributed by atoms with van der Waals surface area (Å²) in [6.45, 7) is 2.24. The van der Waals surface area contributed by atoms with Gasteiger partial charge in [0.2, 0.25) is 5.75 Å². The van der Waals surface area contributed by atoms with Crippen LogP contribution in [-0.4, -0.2) is 23.6 Å². The van der Waals surface area contributed by atoms with Crippen molar-refractivity contribution in [2.24, 2.45) is 0 Å². The van der Waals surface area contributed by atoms with E-state index in [1.54, 1.807) is 12.1 Å². The smallest absolute Gasteiger partial charge is 0.315 e. The van der Waals surface area contributed by atoms with Crippen LogP contribution in [0.5, 0.6) is 11.5 Å². The van der Waals surface area contributed by atoms with Gasteiger partial charge in [-0.1, -0.05) is 19.1 Å². The number of rotatable bonds is 7. The first-order chi connectivity index (χ1) is 13.6. The van der Waals surface area contributed by atoms with Gasteiger partial charge in [-0.15, -0.1) is 11.3 Å². The third kappa shape index (κ3) is 3.94. The van der Waals surface area contributed by atoms with E-state index in [4.69, 9.17) is 9.47 Å². The second kappa shape index (κ2) is 8.50. The molecule has 0 N–H and O–H groups in total. The third-order valence-corrected chi connectivity index (χ3v) is 4.95. The summed E-state index contributed by atoms with van der Waals surface area (Å²) in [7, 11) is 1.42. The Morgan fingerprint density at radius 1 is 1.39 bits per heavy atom. The molecule has 0 radical (unpaired) electrons. The molecule has 0 aliphatic carbocycles. The molecule has 0 spiro atoms. The number of hydrogen-bond acceptors (Lipinski definition) is 7. The maximum atomic E-state index is 11.5. The van der Waals surface area contributed by atoms with E-state index >= 15 is 0 Å². The molecule has 0 amide bonds. The molecular weight excluding hydrogens is 378 g/mol. The quantitative estimate of drug-likeness (QED) is 0.315. The normalized spacial score (nSPS) is 11.2. The first-order valence-corrected chi connectivity index (χ1v) is 9.36. The zero-order valence-corrected chi connectivity index (χ0v) is 16.2. The van der Waals surface area contributed by atoms with Crippen LogP contribution in [0.2, 0.25) is 0 Å². The van der Waals surface area contributed by atoms with Crippen molar-refractivity contribution < 1.29 is 14.4 Å². The average molecular weight is 395 g/mol. The van der Waals surface area contributed by atoms with Crippen molar-refractivity contribution in [2.75, 3.05) is 13.7 Å². The van der Waals surface area contributed by atoms with Crippen LogP contribution in [0.15, 0.2) is 36.4 Å². The van der Waals surface area contributed by atoms with E-state index in [1.165, 1.54) is 24.5 Å². The average Bonchev–Trinajstić information content (AvgIpc) is 3.14. The van der Waals surface area contributed by atoms with E-state index in [9.17, 15) is 15.4 Å². The van der Waals surface area contributed by atoms with Crippen LogP contribution >= 0.6 is 11.3 Å². The molecule has 0 saturated heterocycles. The summed E-state index contributed by atoms with van der Waals surface area (Å²) in [6.07, 6.45) is 2.27. The van der Waals surface area contributed by atoms with Crippen molar-refractivity contribution in [3.05, 3.63) is 57.1 Å². The number of fused-ring (bicyclic) bond motifs is 1. The molecule has 142 valence electrons. The standard InChI is InChI=1S/C20H17N3O4S/c1-3-8-27-19-16(23(24)25)10-13(11-17(19)26-2)9-14(12-21)20-22-15-6-4-5-7-18(15)28-20/h4-7,9-11H,3,8H2,1-2H3/b14-9-. The van der Waals surface area contributed by atoms with Gasteiger partial charge in [-0.05, 0) is 36.3 Å². The molecule has 2 aromatic carbocycles. The number of ether oxygens (including phenoxy) is 2. The van der Waals surface area contributed by atoms with Crippen LogP contribution in [-0.2, 0) is 0 Å². The zero-order valence-electron chi connectivity index (χ0n) is 15.3. The molecule has 0 aliphatic heterocycles. The lowest BCUT2D eigenvalue weighted by Gasteiger charge is -2.11. The summed E-state index contributed by atoms with van der Waals surface area (Å²) in [5, 5.41) is 21.7. The summed E-state index contributed by atoms with van der Waals surface area (Å²) in [4.78, 5) is 15.5.